The predicted molar refractivity (Wildman–Crippen MR) is 101 cm³/mol. The van der Waals surface area contributed by atoms with E-state index in [0.29, 0.717) is 6.54 Å². The Balaban J connectivity index is 1.98. The fraction of sp³-hybridized carbons (Fsp3) is 0.381. The van der Waals surface area contributed by atoms with Gasteiger partial charge in [-0.05, 0) is 36.1 Å². The van der Waals surface area contributed by atoms with E-state index in [1.165, 1.54) is 12.1 Å². The summed E-state index contributed by atoms with van der Waals surface area (Å²) in [5.41, 5.74) is 3.04. The molecule has 2 rings (SSSR count). The molecule has 6 heteroatoms. The molecule has 0 fully saturated rings. The zero-order chi connectivity index (χ0) is 20.2. The third-order valence-electron chi connectivity index (χ3n) is 4.44. The molecule has 0 aliphatic heterocycles. The second-order valence-electron chi connectivity index (χ2n) is 7.25. The van der Waals surface area contributed by atoms with Crippen LogP contribution in [0, 0.1) is 6.92 Å². The van der Waals surface area contributed by atoms with Gasteiger partial charge in [-0.1, -0.05) is 44.2 Å². The summed E-state index contributed by atoms with van der Waals surface area (Å²) in [4.78, 5) is 13.3. The molecule has 2 aromatic rings. The quantitative estimate of drug-likeness (QED) is 0.787. The van der Waals surface area contributed by atoms with Crippen LogP contribution in [0.2, 0.25) is 0 Å². The maximum Gasteiger partial charge on any atom is 0.416 e. The van der Waals surface area contributed by atoms with Crippen molar-refractivity contribution in [3.63, 3.8) is 0 Å². The number of carbonyl (C=O) groups is 1. The fourth-order valence-corrected chi connectivity index (χ4v) is 3.02. The lowest BCUT2D eigenvalue weighted by atomic mass is 9.98. The van der Waals surface area contributed by atoms with Crippen molar-refractivity contribution in [1.82, 2.24) is 0 Å². The van der Waals surface area contributed by atoms with Crippen LogP contribution >= 0.6 is 0 Å². The summed E-state index contributed by atoms with van der Waals surface area (Å²) in [6.07, 6.45) is -4.33. The van der Waals surface area contributed by atoms with Crippen LogP contribution in [0.25, 0.3) is 0 Å². The Morgan fingerprint density at radius 1 is 1.11 bits per heavy atom. The molecule has 0 radical (unpaired) electrons. The van der Waals surface area contributed by atoms with E-state index in [1.54, 1.807) is 0 Å². The van der Waals surface area contributed by atoms with Crippen molar-refractivity contribution in [2.24, 2.45) is 0 Å². The first-order valence-electron chi connectivity index (χ1n) is 8.94. The first-order chi connectivity index (χ1) is 12.6. The van der Waals surface area contributed by atoms with Gasteiger partial charge in [0.2, 0.25) is 0 Å². The van der Waals surface area contributed by atoms with Crippen LogP contribution in [0.15, 0.2) is 42.5 Å². The number of rotatable bonds is 6. The molecule has 27 heavy (non-hydrogen) atoms. The summed E-state index contributed by atoms with van der Waals surface area (Å²) in [6, 6.07) is 11.0. The number of hydrogen-bond acceptors (Lipinski definition) is 1. The number of carbonyl (C=O) groups excluding carboxylic acids is 1. The minimum atomic E-state index is -4.33. The van der Waals surface area contributed by atoms with Crippen LogP contribution in [-0.2, 0) is 17.5 Å². The van der Waals surface area contributed by atoms with Crippen LogP contribution in [0.4, 0.5) is 18.9 Å². The van der Waals surface area contributed by atoms with Crippen molar-refractivity contribution < 1.29 is 22.9 Å². The molecule has 0 aliphatic rings. The number of hydrogen-bond donors (Lipinski definition) is 2. The molecule has 3 nitrogen and oxygen atoms in total. The van der Waals surface area contributed by atoms with Gasteiger partial charge in [-0.25, -0.2) is 0 Å². The zero-order valence-electron chi connectivity index (χ0n) is 16.1. The molecule has 2 aromatic carbocycles. The molecule has 1 atom stereocenters. The molecule has 0 heterocycles. The third kappa shape index (κ3) is 5.82. The highest BCUT2D eigenvalue weighted by atomic mass is 19.4. The Hall–Kier alpha value is -2.34. The minimum absolute atomic E-state index is 0.115. The molecule has 1 unspecified atom stereocenters. The van der Waals surface area contributed by atoms with E-state index in [0.717, 1.165) is 39.4 Å². The van der Waals surface area contributed by atoms with Crippen LogP contribution in [0.5, 0.6) is 0 Å². The van der Waals surface area contributed by atoms with E-state index < -0.39 is 11.7 Å². The summed E-state index contributed by atoms with van der Waals surface area (Å²) in [5, 5.41) is 3.00. The van der Waals surface area contributed by atoms with Gasteiger partial charge >= 0.3 is 6.18 Å². The molecule has 2 N–H and O–H groups in total. The van der Waals surface area contributed by atoms with E-state index >= 15 is 0 Å². The van der Waals surface area contributed by atoms with Gasteiger partial charge in [0.1, 0.15) is 6.54 Å². The largest absolute Gasteiger partial charge is 0.416 e. The zero-order valence-corrected chi connectivity index (χ0v) is 16.1. The van der Waals surface area contributed by atoms with E-state index in [9.17, 15) is 18.0 Å². The predicted octanol–water partition coefficient (Wildman–Crippen LogP) is 3.79. The average Bonchev–Trinajstić information content (AvgIpc) is 2.56. The molecular formula is C21H26F3N2O+. The molecular weight excluding hydrogens is 353 g/mol. The van der Waals surface area contributed by atoms with E-state index in [4.69, 9.17) is 0 Å². The number of anilines is 1. The van der Waals surface area contributed by atoms with Crippen LogP contribution < -0.4 is 10.2 Å². The number of benzene rings is 2. The number of likely N-dealkylation sites (N-methyl/N-ethyl adjacent to an activating group) is 1. The number of nitrogens with one attached hydrogen (secondary N) is 2. The Bertz CT molecular complexity index is 783. The van der Waals surface area contributed by atoms with Crippen molar-refractivity contribution in [3.05, 3.63) is 64.7 Å². The lowest BCUT2D eigenvalue weighted by Crippen LogP contribution is -3.08. The summed E-state index contributed by atoms with van der Waals surface area (Å²) in [7, 11) is 1.85. The highest BCUT2D eigenvalue weighted by Gasteiger charge is 2.30. The van der Waals surface area contributed by atoms with Crippen molar-refractivity contribution in [2.45, 2.75) is 39.4 Å². The maximum absolute atomic E-state index is 12.6. The highest BCUT2D eigenvalue weighted by molar-refractivity contribution is 5.93. The number of halogens is 3. The van der Waals surface area contributed by atoms with E-state index in [1.807, 2.05) is 32.2 Å². The smallest absolute Gasteiger partial charge is 0.326 e. The second kappa shape index (κ2) is 8.57. The van der Waals surface area contributed by atoms with Gasteiger partial charge in [-0.3, -0.25) is 4.79 Å². The maximum atomic E-state index is 12.6. The number of aryl methyl sites for hydroxylation is 1. The monoisotopic (exact) mass is 379 g/mol. The van der Waals surface area contributed by atoms with Gasteiger partial charge in [0.05, 0.1) is 12.6 Å². The second-order valence-corrected chi connectivity index (χ2v) is 7.25. The Morgan fingerprint density at radius 2 is 1.74 bits per heavy atom. The number of quaternary nitrogens is 1. The number of para-hydroxylation sites is 1. The van der Waals surface area contributed by atoms with Crippen LogP contribution in [0.3, 0.4) is 0 Å². The minimum Gasteiger partial charge on any atom is -0.326 e. The number of alkyl halides is 3. The third-order valence-corrected chi connectivity index (χ3v) is 4.44. The average molecular weight is 379 g/mol. The molecule has 0 aromatic heterocycles. The van der Waals surface area contributed by atoms with Gasteiger partial charge < -0.3 is 10.2 Å². The lowest BCUT2D eigenvalue weighted by molar-refractivity contribution is -0.885. The topological polar surface area (TPSA) is 33.5 Å². The Kier molecular flexibility index (Phi) is 6.65. The van der Waals surface area contributed by atoms with Crippen LogP contribution in [-0.4, -0.2) is 19.5 Å². The van der Waals surface area contributed by atoms with Crippen molar-refractivity contribution >= 4 is 11.6 Å². The Labute approximate surface area is 158 Å². The molecule has 0 saturated heterocycles. The van der Waals surface area contributed by atoms with Crippen molar-refractivity contribution in [1.29, 1.82) is 0 Å². The molecule has 0 aliphatic carbocycles. The molecule has 0 bridgehead atoms. The van der Waals surface area contributed by atoms with Gasteiger partial charge in [0.15, 0.2) is 6.54 Å². The summed E-state index contributed by atoms with van der Waals surface area (Å²) >= 11 is 0. The summed E-state index contributed by atoms with van der Waals surface area (Å²) in [5.74, 6) is 0.174. The summed E-state index contributed by atoms with van der Waals surface area (Å²) in [6.45, 7) is 6.81. The van der Waals surface area contributed by atoms with E-state index in [-0.39, 0.29) is 18.4 Å². The molecule has 146 valence electrons. The number of amides is 1. The molecule has 1 amide bonds. The van der Waals surface area contributed by atoms with Gasteiger partial charge in [0.25, 0.3) is 5.91 Å². The van der Waals surface area contributed by atoms with Gasteiger partial charge in [-0.2, -0.15) is 13.2 Å². The lowest BCUT2D eigenvalue weighted by Gasteiger charge is -2.18. The van der Waals surface area contributed by atoms with Gasteiger partial charge in [0, 0.05) is 11.3 Å². The first kappa shape index (κ1) is 21.0. The normalized spacial score (nSPS) is 12.9. The van der Waals surface area contributed by atoms with Gasteiger partial charge in [-0.15, -0.1) is 0 Å². The molecule has 0 saturated carbocycles. The van der Waals surface area contributed by atoms with Crippen molar-refractivity contribution in [3.8, 4) is 0 Å². The SMILES string of the molecule is Cc1cccc(C(C)C)c1NC(=O)C[NH+](C)Cc1ccc(C(F)(F)F)cc1. The van der Waals surface area contributed by atoms with Crippen LogP contribution in [0.1, 0.15) is 42.0 Å². The highest BCUT2D eigenvalue weighted by Crippen LogP contribution is 2.29. The standard InChI is InChI=1S/C21H25F3N2O/c1-14(2)18-7-5-6-15(3)20(18)25-19(27)13-26(4)12-16-8-10-17(11-9-16)21(22,23)24/h5-11,14H,12-13H2,1-4H3,(H,25,27)/p+1. The van der Waals surface area contributed by atoms with Crippen molar-refractivity contribution in [2.75, 3.05) is 18.9 Å². The first-order valence-corrected chi connectivity index (χ1v) is 8.94. The summed E-state index contributed by atoms with van der Waals surface area (Å²) < 4.78 is 37.9. The molecule has 0 spiro atoms. The van der Waals surface area contributed by atoms with E-state index in [2.05, 4.69) is 19.2 Å². The Morgan fingerprint density at radius 3 is 2.30 bits per heavy atom. The fourth-order valence-electron chi connectivity index (χ4n) is 3.02.